The van der Waals surface area contributed by atoms with E-state index in [-0.39, 0.29) is 0 Å². The van der Waals surface area contributed by atoms with Gasteiger partial charge in [0.2, 0.25) is 0 Å². The van der Waals surface area contributed by atoms with E-state index in [2.05, 4.69) is 0 Å². The van der Waals surface area contributed by atoms with Gasteiger partial charge in [-0.2, -0.15) is 0 Å². The molecule has 1 atom stereocenters. The van der Waals surface area contributed by atoms with Gasteiger partial charge in [-0.05, 0) is 35.7 Å². The first-order chi connectivity index (χ1) is 9.82. The zero-order chi connectivity index (χ0) is 15.6. The minimum absolute atomic E-state index is 0.365. The fourth-order valence-electron chi connectivity index (χ4n) is 2.06. The lowest BCUT2D eigenvalue weighted by atomic mass is 9.94. The standard InChI is InChI=1S/C17H19NO3/c1-17(21,16(19)20)14-8-4-12(5-9-14)13-6-10-15(11-7-13)18(2)3/h4-11,21H,1-3H3,(H,19,20). The molecule has 0 heterocycles. The highest BCUT2D eigenvalue weighted by atomic mass is 16.4. The van der Waals surface area contributed by atoms with Gasteiger partial charge in [0, 0.05) is 19.8 Å². The van der Waals surface area contributed by atoms with Gasteiger partial charge < -0.3 is 15.1 Å². The van der Waals surface area contributed by atoms with Gasteiger partial charge in [-0.15, -0.1) is 0 Å². The SMILES string of the molecule is CN(C)c1ccc(-c2ccc(C(C)(O)C(=O)O)cc2)cc1. The molecule has 2 aromatic rings. The molecular formula is C17H19NO3. The molecule has 0 amide bonds. The third-order valence-electron chi connectivity index (χ3n) is 3.58. The molecule has 0 spiro atoms. The molecule has 0 aliphatic carbocycles. The summed E-state index contributed by atoms with van der Waals surface area (Å²) in [4.78, 5) is 13.0. The molecule has 2 aromatic carbocycles. The zero-order valence-corrected chi connectivity index (χ0v) is 12.4. The molecule has 0 aromatic heterocycles. The fraction of sp³-hybridized carbons (Fsp3) is 0.235. The van der Waals surface area contributed by atoms with Crippen LogP contribution in [0.1, 0.15) is 12.5 Å². The Labute approximate surface area is 124 Å². The zero-order valence-electron chi connectivity index (χ0n) is 12.4. The molecule has 0 aliphatic heterocycles. The predicted molar refractivity (Wildman–Crippen MR) is 83.4 cm³/mol. The summed E-state index contributed by atoms with van der Waals surface area (Å²) in [5, 5.41) is 18.9. The molecule has 4 nitrogen and oxygen atoms in total. The average molecular weight is 285 g/mol. The molecule has 0 fully saturated rings. The Morgan fingerprint density at radius 2 is 1.38 bits per heavy atom. The number of carboxylic acid groups (broad SMARTS) is 1. The van der Waals surface area contributed by atoms with Gasteiger partial charge >= 0.3 is 5.97 Å². The number of hydrogen-bond donors (Lipinski definition) is 2. The summed E-state index contributed by atoms with van der Waals surface area (Å²) in [7, 11) is 3.97. The van der Waals surface area contributed by atoms with Crippen molar-refractivity contribution in [3.63, 3.8) is 0 Å². The van der Waals surface area contributed by atoms with Crippen molar-refractivity contribution in [2.24, 2.45) is 0 Å². The van der Waals surface area contributed by atoms with Gasteiger partial charge in [-0.1, -0.05) is 36.4 Å². The third kappa shape index (κ3) is 3.06. The third-order valence-corrected chi connectivity index (χ3v) is 3.58. The molecule has 2 rings (SSSR count). The van der Waals surface area contributed by atoms with Crippen LogP contribution < -0.4 is 4.90 Å². The number of aliphatic carboxylic acids is 1. The van der Waals surface area contributed by atoms with E-state index in [1.165, 1.54) is 6.92 Å². The second-order valence-corrected chi connectivity index (χ2v) is 5.40. The molecule has 0 aliphatic rings. The Hall–Kier alpha value is -2.33. The molecular weight excluding hydrogens is 266 g/mol. The van der Waals surface area contributed by atoms with Crippen molar-refractivity contribution in [1.82, 2.24) is 0 Å². The van der Waals surface area contributed by atoms with Gasteiger partial charge in [0.15, 0.2) is 5.60 Å². The summed E-state index contributed by atoms with van der Waals surface area (Å²) >= 11 is 0. The van der Waals surface area contributed by atoms with E-state index in [1.807, 2.05) is 55.4 Å². The van der Waals surface area contributed by atoms with Gasteiger partial charge in [0.1, 0.15) is 0 Å². The summed E-state index contributed by atoms with van der Waals surface area (Å²) in [6.45, 7) is 1.27. The van der Waals surface area contributed by atoms with Crippen LogP contribution in [0.15, 0.2) is 48.5 Å². The largest absolute Gasteiger partial charge is 0.479 e. The van der Waals surface area contributed by atoms with Crippen LogP contribution in [-0.4, -0.2) is 30.3 Å². The van der Waals surface area contributed by atoms with Gasteiger partial charge in [0.05, 0.1) is 0 Å². The molecule has 0 bridgehead atoms. The number of rotatable bonds is 4. The van der Waals surface area contributed by atoms with E-state index in [4.69, 9.17) is 5.11 Å². The lowest BCUT2D eigenvalue weighted by molar-refractivity contribution is -0.157. The Kier molecular flexibility index (Phi) is 4.00. The van der Waals surface area contributed by atoms with Crippen LogP contribution in [0, 0.1) is 0 Å². The minimum atomic E-state index is -1.87. The number of aliphatic hydroxyl groups is 1. The lowest BCUT2D eigenvalue weighted by Gasteiger charge is -2.18. The summed E-state index contributed by atoms with van der Waals surface area (Å²) in [5.41, 5.74) is 1.63. The van der Waals surface area contributed by atoms with Crippen LogP contribution in [0.3, 0.4) is 0 Å². The first-order valence-electron chi connectivity index (χ1n) is 6.66. The summed E-state index contributed by atoms with van der Waals surface area (Å²) in [6.07, 6.45) is 0. The van der Waals surface area contributed by atoms with Crippen LogP contribution in [0.4, 0.5) is 5.69 Å². The number of carboxylic acids is 1. The Morgan fingerprint density at radius 3 is 1.76 bits per heavy atom. The fourth-order valence-corrected chi connectivity index (χ4v) is 2.06. The van der Waals surface area contributed by atoms with Crippen molar-refractivity contribution < 1.29 is 15.0 Å². The van der Waals surface area contributed by atoms with E-state index in [0.29, 0.717) is 5.56 Å². The molecule has 2 N–H and O–H groups in total. The minimum Gasteiger partial charge on any atom is -0.479 e. The highest BCUT2D eigenvalue weighted by molar-refractivity contribution is 5.79. The molecule has 0 saturated carbocycles. The average Bonchev–Trinajstić information content (AvgIpc) is 2.47. The molecule has 0 radical (unpaired) electrons. The normalized spacial score (nSPS) is 13.5. The second kappa shape index (κ2) is 5.58. The summed E-state index contributed by atoms with van der Waals surface area (Å²) in [5.74, 6) is -1.26. The Balaban J connectivity index is 2.29. The van der Waals surface area contributed by atoms with E-state index < -0.39 is 11.6 Å². The van der Waals surface area contributed by atoms with E-state index in [9.17, 15) is 9.90 Å². The number of benzene rings is 2. The van der Waals surface area contributed by atoms with Gasteiger partial charge in [-0.3, -0.25) is 0 Å². The van der Waals surface area contributed by atoms with Crippen molar-refractivity contribution in [2.45, 2.75) is 12.5 Å². The van der Waals surface area contributed by atoms with Crippen molar-refractivity contribution in [2.75, 3.05) is 19.0 Å². The quantitative estimate of drug-likeness (QED) is 0.906. The van der Waals surface area contributed by atoms with Crippen molar-refractivity contribution in [3.05, 3.63) is 54.1 Å². The van der Waals surface area contributed by atoms with E-state index >= 15 is 0 Å². The van der Waals surface area contributed by atoms with Crippen LogP contribution in [0.25, 0.3) is 11.1 Å². The molecule has 1 unspecified atom stereocenters. The number of anilines is 1. The van der Waals surface area contributed by atoms with E-state index in [1.54, 1.807) is 12.1 Å². The van der Waals surface area contributed by atoms with Crippen molar-refractivity contribution >= 4 is 11.7 Å². The topological polar surface area (TPSA) is 60.8 Å². The maximum atomic E-state index is 11.0. The van der Waals surface area contributed by atoms with Crippen LogP contribution >= 0.6 is 0 Å². The highest BCUT2D eigenvalue weighted by Crippen LogP contribution is 2.26. The molecule has 110 valence electrons. The summed E-state index contributed by atoms with van der Waals surface area (Å²) < 4.78 is 0. The summed E-state index contributed by atoms with van der Waals surface area (Å²) in [6, 6.07) is 15.0. The number of hydrogen-bond acceptors (Lipinski definition) is 3. The molecule has 0 saturated heterocycles. The van der Waals surface area contributed by atoms with Crippen molar-refractivity contribution in [1.29, 1.82) is 0 Å². The van der Waals surface area contributed by atoms with Gasteiger partial charge in [0.25, 0.3) is 0 Å². The lowest BCUT2D eigenvalue weighted by Crippen LogP contribution is -2.31. The maximum absolute atomic E-state index is 11.0. The number of carbonyl (C=O) groups is 1. The monoisotopic (exact) mass is 285 g/mol. The molecule has 4 heteroatoms. The Bertz CT molecular complexity index is 628. The first kappa shape index (κ1) is 15.1. The van der Waals surface area contributed by atoms with Crippen LogP contribution in [0.5, 0.6) is 0 Å². The first-order valence-corrected chi connectivity index (χ1v) is 6.66. The van der Waals surface area contributed by atoms with Crippen LogP contribution in [0.2, 0.25) is 0 Å². The smallest absolute Gasteiger partial charge is 0.340 e. The predicted octanol–water partition coefficient (Wildman–Crippen LogP) is 2.71. The van der Waals surface area contributed by atoms with E-state index in [0.717, 1.165) is 16.8 Å². The second-order valence-electron chi connectivity index (χ2n) is 5.40. The molecule has 21 heavy (non-hydrogen) atoms. The van der Waals surface area contributed by atoms with Gasteiger partial charge in [-0.25, -0.2) is 4.79 Å². The highest BCUT2D eigenvalue weighted by Gasteiger charge is 2.31. The number of nitrogens with zero attached hydrogens (tertiary/aromatic N) is 1. The maximum Gasteiger partial charge on any atom is 0.340 e. The van der Waals surface area contributed by atoms with Crippen molar-refractivity contribution in [3.8, 4) is 11.1 Å². The van der Waals surface area contributed by atoms with Crippen LogP contribution in [-0.2, 0) is 10.4 Å². The Morgan fingerprint density at radius 1 is 0.952 bits per heavy atom.